The number of nitrogens with zero attached hydrogens (tertiary/aromatic N) is 2. The summed E-state index contributed by atoms with van der Waals surface area (Å²) in [6, 6.07) is 13.1. The van der Waals surface area contributed by atoms with Crippen LogP contribution in [0.5, 0.6) is 5.75 Å². The van der Waals surface area contributed by atoms with Crippen LogP contribution in [0.3, 0.4) is 0 Å². The molecule has 0 unspecified atom stereocenters. The Morgan fingerprint density at radius 3 is 2.41 bits per heavy atom. The Bertz CT molecular complexity index is 858. The molecule has 0 aromatic heterocycles. The van der Waals surface area contributed by atoms with Gasteiger partial charge in [0, 0.05) is 43.4 Å². The summed E-state index contributed by atoms with van der Waals surface area (Å²) in [5.41, 5.74) is 1.15. The molecular formula is C21H21FN2O3. The maximum absolute atomic E-state index is 13.3. The maximum Gasteiger partial charge on any atom is 0.254 e. The van der Waals surface area contributed by atoms with Gasteiger partial charge in [0.15, 0.2) is 0 Å². The highest BCUT2D eigenvalue weighted by Crippen LogP contribution is 2.19. The van der Waals surface area contributed by atoms with Crippen molar-refractivity contribution in [1.82, 2.24) is 9.80 Å². The Hall–Kier alpha value is -3.15. The second kappa shape index (κ2) is 8.49. The number of para-hydroxylation sites is 1. The Morgan fingerprint density at radius 2 is 1.70 bits per heavy atom. The van der Waals surface area contributed by atoms with E-state index < -0.39 is 5.82 Å². The van der Waals surface area contributed by atoms with Crippen molar-refractivity contribution in [1.29, 1.82) is 0 Å². The highest BCUT2D eigenvalue weighted by atomic mass is 19.1. The van der Waals surface area contributed by atoms with Crippen molar-refractivity contribution >= 4 is 17.9 Å². The van der Waals surface area contributed by atoms with E-state index in [0.29, 0.717) is 37.5 Å². The number of amides is 2. The lowest BCUT2D eigenvalue weighted by molar-refractivity contribution is -0.127. The molecule has 0 radical (unpaired) electrons. The van der Waals surface area contributed by atoms with Gasteiger partial charge < -0.3 is 14.5 Å². The number of halogens is 1. The number of carbonyl (C=O) groups is 2. The van der Waals surface area contributed by atoms with Gasteiger partial charge in [0.25, 0.3) is 5.91 Å². The van der Waals surface area contributed by atoms with Crippen LogP contribution in [0.15, 0.2) is 54.6 Å². The lowest BCUT2D eigenvalue weighted by Gasteiger charge is -2.34. The lowest BCUT2D eigenvalue weighted by atomic mass is 10.1. The number of carbonyl (C=O) groups excluding carboxylic acids is 2. The third-order valence-electron chi connectivity index (χ3n) is 4.49. The van der Waals surface area contributed by atoms with E-state index >= 15 is 0 Å². The van der Waals surface area contributed by atoms with Crippen molar-refractivity contribution in [2.75, 3.05) is 33.3 Å². The number of rotatable bonds is 4. The van der Waals surface area contributed by atoms with Gasteiger partial charge >= 0.3 is 0 Å². The van der Waals surface area contributed by atoms with Gasteiger partial charge in [-0.15, -0.1) is 0 Å². The van der Waals surface area contributed by atoms with Crippen molar-refractivity contribution in [3.8, 4) is 5.75 Å². The normalized spacial score (nSPS) is 14.4. The minimum atomic E-state index is -0.434. The van der Waals surface area contributed by atoms with E-state index in [4.69, 9.17) is 4.74 Å². The summed E-state index contributed by atoms with van der Waals surface area (Å²) >= 11 is 0. The van der Waals surface area contributed by atoms with E-state index in [1.807, 2.05) is 24.3 Å². The molecule has 1 aliphatic rings. The first-order chi connectivity index (χ1) is 13.1. The van der Waals surface area contributed by atoms with E-state index in [2.05, 4.69) is 0 Å². The Kier molecular flexibility index (Phi) is 5.86. The molecule has 0 N–H and O–H groups in total. The molecule has 1 heterocycles. The number of piperazine rings is 1. The van der Waals surface area contributed by atoms with Crippen LogP contribution in [-0.4, -0.2) is 54.9 Å². The molecule has 0 atom stereocenters. The van der Waals surface area contributed by atoms with Crippen molar-refractivity contribution in [2.45, 2.75) is 0 Å². The summed E-state index contributed by atoms with van der Waals surface area (Å²) in [5, 5.41) is 0. The Labute approximate surface area is 157 Å². The van der Waals surface area contributed by atoms with Crippen molar-refractivity contribution in [3.05, 3.63) is 71.6 Å². The van der Waals surface area contributed by atoms with Crippen LogP contribution in [0.25, 0.3) is 6.08 Å². The largest absolute Gasteiger partial charge is 0.496 e. The number of hydrogen-bond acceptors (Lipinski definition) is 3. The molecule has 0 aliphatic carbocycles. The zero-order valence-electron chi connectivity index (χ0n) is 15.1. The molecule has 3 rings (SSSR count). The van der Waals surface area contributed by atoms with E-state index in [-0.39, 0.29) is 11.8 Å². The molecular weight excluding hydrogens is 347 g/mol. The van der Waals surface area contributed by atoms with Crippen LogP contribution < -0.4 is 4.74 Å². The van der Waals surface area contributed by atoms with Gasteiger partial charge in [0.2, 0.25) is 5.91 Å². The Balaban J connectivity index is 1.58. The molecule has 0 saturated carbocycles. The fourth-order valence-corrected chi connectivity index (χ4v) is 3.00. The predicted octanol–water partition coefficient (Wildman–Crippen LogP) is 2.83. The van der Waals surface area contributed by atoms with Crippen LogP contribution in [-0.2, 0) is 4.79 Å². The summed E-state index contributed by atoms with van der Waals surface area (Å²) in [6.45, 7) is 1.72. The molecule has 1 fully saturated rings. The maximum atomic E-state index is 13.3. The number of benzene rings is 2. The molecule has 6 heteroatoms. The quantitative estimate of drug-likeness (QED) is 0.780. The van der Waals surface area contributed by atoms with Gasteiger partial charge in [0.1, 0.15) is 11.6 Å². The summed E-state index contributed by atoms with van der Waals surface area (Å²) in [4.78, 5) is 28.2. The molecule has 140 valence electrons. The van der Waals surface area contributed by atoms with E-state index in [9.17, 15) is 14.0 Å². The first-order valence-corrected chi connectivity index (χ1v) is 8.73. The smallest absolute Gasteiger partial charge is 0.254 e. The molecule has 1 aliphatic heterocycles. The summed E-state index contributed by atoms with van der Waals surface area (Å²) in [5.74, 6) is -0.0619. The minimum absolute atomic E-state index is 0.112. The monoisotopic (exact) mass is 368 g/mol. The van der Waals surface area contributed by atoms with Gasteiger partial charge in [-0.05, 0) is 30.3 Å². The fourth-order valence-electron chi connectivity index (χ4n) is 3.00. The zero-order chi connectivity index (χ0) is 19.2. The molecule has 0 bridgehead atoms. The second-order valence-corrected chi connectivity index (χ2v) is 6.20. The molecule has 1 saturated heterocycles. The van der Waals surface area contributed by atoms with E-state index in [0.717, 1.165) is 5.56 Å². The van der Waals surface area contributed by atoms with Gasteiger partial charge in [-0.25, -0.2) is 4.39 Å². The number of ether oxygens (including phenoxy) is 1. The van der Waals surface area contributed by atoms with Crippen LogP contribution in [0.4, 0.5) is 4.39 Å². The van der Waals surface area contributed by atoms with Crippen molar-refractivity contribution in [2.24, 2.45) is 0 Å². The van der Waals surface area contributed by atoms with Gasteiger partial charge in [0.05, 0.1) is 7.11 Å². The third-order valence-corrected chi connectivity index (χ3v) is 4.49. The van der Waals surface area contributed by atoms with Crippen LogP contribution in [0.2, 0.25) is 0 Å². The third kappa shape index (κ3) is 4.53. The summed E-state index contributed by atoms with van der Waals surface area (Å²) < 4.78 is 18.6. The highest BCUT2D eigenvalue weighted by Gasteiger charge is 2.24. The summed E-state index contributed by atoms with van der Waals surface area (Å²) in [7, 11) is 1.59. The molecule has 2 aromatic carbocycles. The first-order valence-electron chi connectivity index (χ1n) is 8.73. The van der Waals surface area contributed by atoms with Crippen molar-refractivity contribution in [3.63, 3.8) is 0 Å². The minimum Gasteiger partial charge on any atom is -0.496 e. The first kappa shape index (κ1) is 18.6. The summed E-state index contributed by atoms with van der Waals surface area (Å²) in [6.07, 6.45) is 3.24. The zero-order valence-corrected chi connectivity index (χ0v) is 15.1. The molecule has 2 amide bonds. The average molecular weight is 368 g/mol. The topological polar surface area (TPSA) is 49.9 Å². The van der Waals surface area contributed by atoms with Gasteiger partial charge in [-0.2, -0.15) is 0 Å². The van der Waals surface area contributed by atoms with Crippen LogP contribution >= 0.6 is 0 Å². The molecule has 27 heavy (non-hydrogen) atoms. The molecule has 5 nitrogen and oxygen atoms in total. The van der Waals surface area contributed by atoms with E-state index in [1.54, 1.807) is 29.1 Å². The van der Waals surface area contributed by atoms with Crippen LogP contribution in [0.1, 0.15) is 15.9 Å². The lowest BCUT2D eigenvalue weighted by Crippen LogP contribution is -2.50. The predicted molar refractivity (Wildman–Crippen MR) is 101 cm³/mol. The van der Waals surface area contributed by atoms with Gasteiger partial charge in [-0.1, -0.05) is 24.3 Å². The van der Waals surface area contributed by atoms with Crippen LogP contribution in [0, 0.1) is 5.82 Å². The molecule has 0 spiro atoms. The number of methoxy groups -OCH3 is 1. The SMILES string of the molecule is COc1ccccc1/C=C/C(=O)N1CCN(C(=O)c2cccc(F)c2)CC1. The standard InChI is InChI=1S/C21H21FN2O3/c1-27-19-8-3-2-5-16(19)9-10-20(25)23-11-13-24(14-12-23)21(26)17-6-4-7-18(22)15-17/h2-10,15H,11-14H2,1H3/b10-9+. The molecule has 2 aromatic rings. The van der Waals surface area contributed by atoms with E-state index in [1.165, 1.54) is 24.3 Å². The number of hydrogen-bond donors (Lipinski definition) is 0. The fraction of sp³-hybridized carbons (Fsp3) is 0.238. The van der Waals surface area contributed by atoms with Crippen molar-refractivity contribution < 1.29 is 18.7 Å². The second-order valence-electron chi connectivity index (χ2n) is 6.20. The Morgan fingerprint density at radius 1 is 1.00 bits per heavy atom. The van der Waals surface area contributed by atoms with Gasteiger partial charge in [-0.3, -0.25) is 9.59 Å². The highest BCUT2D eigenvalue weighted by molar-refractivity contribution is 5.95. The average Bonchev–Trinajstić information content (AvgIpc) is 2.71.